The van der Waals surface area contributed by atoms with Crippen LogP contribution in [0.2, 0.25) is 0 Å². The summed E-state index contributed by atoms with van der Waals surface area (Å²) < 4.78 is 0. The van der Waals surface area contributed by atoms with Gasteiger partial charge in [0.1, 0.15) is 12.1 Å². The summed E-state index contributed by atoms with van der Waals surface area (Å²) in [5.41, 5.74) is -0.370. The number of aldehydes is 1. The highest BCUT2D eigenvalue weighted by Gasteiger charge is 2.26. The Morgan fingerprint density at radius 2 is 2.00 bits per heavy atom. The van der Waals surface area contributed by atoms with E-state index < -0.39 is 0 Å². The Morgan fingerprint density at radius 3 is 2.33 bits per heavy atom. The maximum Gasteiger partial charge on any atom is 0.132 e. The highest BCUT2D eigenvalue weighted by atomic mass is 16.1. The predicted octanol–water partition coefficient (Wildman–Crippen LogP) is 2.22. The second-order valence-corrected chi connectivity index (χ2v) is 3.94. The number of carbonyl (C=O) groups is 2. The van der Waals surface area contributed by atoms with Crippen molar-refractivity contribution >= 4 is 12.1 Å². The number of ketones is 1. The van der Waals surface area contributed by atoms with Crippen molar-refractivity contribution in [3.05, 3.63) is 0 Å². The molecule has 12 heavy (non-hydrogen) atoms. The molecule has 0 aromatic heterocycles. The smallest absolute Gasteiger partial charge is 0.132 e. The molecule has 0 heterocycles. The van der Waals surface area contributed by atoms with Crippen molar-refractivity contribution in [2.24, 2.45) is 11.3 Å². The molecule has 0 saturated carbocycles. The second kappa shape index (κ2) is 4.39. The minimum atomic E-state index is -0.370. The SMILES string of the molecule is CCC(=O)C[C@H](C)C(C)(C)C=O. The maximum absolute atomic E-state index is 11.1. The molecule has 0 spiro atoms. The monoisotopic (exact) mass is 170 g/mol. The fourth-order valence-electron chi connectivity index (χ4n) is 0.865. The molecule has 2 nitrogen and oxygen atoms in total. The van der Waals surface area contributed by atoms with Crippen LogP contribution in [0.15, 0.2) is 0 Å². The number of hydrogen-bond donors (Lipinski definition) is 0. The zero-order chi connectivity index (χ0) is 9.78. The Balaban J connectivity index is 4.11. The van der Waals surface area contributed by atoms with Gasteiger partial charge in [0.15, 0.2) is 0 Å². The molecule has 0 radical (unpaired) electrons. The second-order valence-electron chi connectivity index (χ2n) is 3.94. The van der Waals surface area contributed by atoms with E-state index in [-0.39, 0.29) is 17.1 Å². The first-order chi connectivity index (χ1) is 5.44. The highest BCUT2D eigenvalue weighted by molar-refractivity contribution is 5.78. The van der Waals surface area contributed by atoms with E-state index in [1.807, 2.05) is 27.7 Å². The van der Waals surface area contributed by atoms with E-state index in [0.29, 0.717) is 12.8 Å². The van der Waals surface area contributed by atoms with Crippen molar-refractivity contribution < 1.29 is 9.59 Å². The third kappa shape index (κ3) is 3.16. The molecule has 0 aromatic rings. The van der Waals surface area contributed by atoms with E-state index in [1.165, 1.54) is 0 Å². The van der Waals surface area contributed by atoms with Gasteiger partial charge in [0.05, 0.1) is 0 Å². The van der Waals surface area contributed by atoms with Crippen LogP contribution in [0.25, 0.3) is 0 Å². The van der Waals surface area contributed by atoms with Gasteiger partial charge in [0, 0.05) is 18.3 Å². The summed E-state index contributed by atoms with van der Waals surface area (Å²) in [4.78, 5) is 21.7. The van der Waals surface area contributed by atoms with Gasteiger partial charge in [-0.1, -0.05) is 27.7 Å². The average Bonchev–Trinajstić information content (AvgIpc) is 2.04. The summed E-state index contributed by atoms with van der Waals surface area (Å²) in [7, 11) is 0. The zero-order valence-corrected chi connectivity index (χ0v) is 8.39. The van der Waals surface area contributed by atoms with Crippen LogP contribution < -0.4 is 0 Å². The topological polar surface area (TPSA) is 34.1 Å². The quantitative estimate of drug-likeness (QED) is 0.593. The standard InChI is InChI=1S/C10H18O2/c1-5-9(12)6-8(2)10(3,4)7-11/h7-8H,5-6H2,1-4H3/t8-/m0/s1. The molecule has 0 fully saturated rings. The number of rotatable bonds is 5. The number of Topliss-reactive ketones (excluding diaryl/α,β-unsaturated/α-hetero) is 1. The lowest BCUT2D eigenvalue weighted by molar-refractivity contribution is -0.122. The molecule has 0 unspecified atom stereocenters. The van der Waals surface area contributed by atoms with Crippen molar-refractivity contribution in [1.82, 2.24) is 0 Å². The lowest BCUT2D eigenvalue weighted by Gasteiger charge is -2.24. The largest absolute Gasteiger partial charge is 0.303 e. The fourth-order valence-corrected chi connectivity index (χ4v) is 0.865. The van der Waals surface area contributed by atoms with E-state index in [1.54, 1.807) is 0 Å². The Kier molecular flexibility index (Phi) is 4.15. The first-order valence-corrected chi connectivity index (χ1v) is 4.42. The van der Waals surface area contributed by atoms with Gasteiger partial charge in [0.2, 0.25) is 0 Å². The van der Waals surface area contributed by atoms with E-state index >= 15 is 0 Å². The Morgan fingerprint density at radius 1 is 1.50 bits per heavy atom. The first kappa shape index (κ1) is 11.3. The Hall–Kier alpha value is -0.660. The van der Waals surface area contributed by atoms with Crippen LogP contribution in [0.4, 0.5) is 0 Å². The van der Waals surface area contributed by atoms with Crippen molar-refractivity contribution in [1.29, 1.82) is 0 Å². The van der Waals surface area contributed by atoms with E-state index in [2.05, 4.69) is 0 Å². The van der Waals surface area contributed by atoms with Crippen LogP contribution in [0.1, 0.15) is 40.5 Å². The predicted molar refractivity (Wildman–Crippen MR) is 48.9 cm³/mol. The fraction of sp³-hybridized carbons (Fsp3) is 0.800. The van der Waals surface area contributed by atoms with Gasteiger partial charge in [-0.25, -0.2) is 0 Å². The molecule has 0 bridgehead atoms. The van der Waals surface area contributed by atoms with Crippen molar-refractivity contribution in [2.45, 2.75) is 40.5 Å². The molecule has 0 aliphatic rings. The zero-order valence-electron chi connectivity index (χ0n) is 8.39. The van der Waals surface area contributed by atoms with Crippen LogP contribution in [0, 0.1) is 11.3 Å². The van der Waals surface area contributed by atoms with Crippen molar-refractivity contribution in [3.8, 4) is 0 Å². The lowest BCUT2D eigenvalue weighted by atomic mass is 9.78. The highest BCUT2D eigenvalue weighted by Crippen LogP contribution is 2.26. The van der Waals surface area contributed by atoms with Crippen LogP contribution in [0.3, 0.4) is 0 Å². The molecule has 0 N–H and O–H groups in total. The van der Waals surface area contributed by atoms with Gasteiger partial charge in [-0.2, -0.15) is 0 Å². The van der Waals surface area contributed by atoms with E-state index in [9.17, 15) is 9.59 Å². The summed E-state index contributed by atoms with van der Waals surface area (Å²) >= 11 is 0. The molecular weight excluding hydrogens is 152 g/mol. The molecule has 0 saturated heterocycles. The van der Waals surface area contributed by atoms with E-state index in [4.69, 9.17) is 0 Å². The Labute approximate surface area is 74.3 Å². The van der Waals surface area contributed by atoms with Gasteiger partial charge >= 0.3 is 0 Å². The van der Waals surface area contributed by atoms with Gasteiger partial charge in [-0.15, -0.1) is 0 Å². The number of carbonyl (C=O) groups excluding carboxylic acids is 2. The molecule has 70 valence electrons. The molecule has 0 aliphatic carbocycles. The third-order valence-electron chi connectivity index (χ3n) is 2.50. The summed E-state index contributed by atoms with van der Waals surface area (Å²) in [5, 5.41) is 0. The van der Waals surface area contributed by atoms with E-state index in [0.717, 1.165) is 6.29 Å². The van der Waals surface area contributed by atoms with Gasteiger partial charge < -0.3 is 4.79 Å². The summed E-state index contributed by atoms with van der Waals surface area (Å²) in [6, 6.07) is 0. The molecule has 2 heteroatoms. The van der Waals surface area contributed by atoms with Crippen LogP contribution >= 0.6 is 0 Å². The lowest BCUT2D eigenvalue weighted by Crippen LogP contribution is -2.25. The summed E-state index contributed by atoms with van der Waals surface area (Å²) in [6.07, 6.45) is 2.02. The van der Waals surface area contributed by atoms with Gasteiger partial charge in [-0.3, -0.25) is 4.79 Å². The molecule has 0 aliphatic heterocycles. The average molecular weight is 170 g/mol. The minimum absolute atomic E-state index is 0.141. The Bertz CT molecular complexity index is 171. The number of hydrogen-bond acceptors (Lipinski definition) is 2. The van der Waals surface area contributed by atoms with Gasteiger partial charge in [-0.05, 0) is 5.92 Å². The summed E-state index contributed by atoms with van der Waals surface area (Å²) in [6.45, 7) is 7.53. The first-order valence-electron chi connectivity index (χ1n) is 4.42. The minimum Gasteiger partial charge on any atom is -0.303 e. The van der Waals surface area contributed by atoms with Gasteiger partial charge in [0.25, 0.3) is 0 Å². The van der Waals surface area contributed by atoms with Crippen molar-refractivity contribution in [3.63, 3.8) is 0 Å². The van der Waals surface area contributed by atoms with Crippen LogP contribution in [-0.2, 0) is 9.59 Å². The summed E-state index contributed by atoms with van der Waals surface area (Å²) in [5.74, 6) is 0.375. The molecule has 1 atom stereocenters. The van der Waals surface area contributed by atoms with Crippen LogP contribution in [0.5, 0.6) is 0 Å². The third-order valence-corrected chi connectivity index (χ3v) is 2.50. The molecule has 0 rings (SSSR count). The van der Waals surface area contributed by atoms with Crippen LogP contribution in [-0.4, -0.2) is 12.1 Å². The molecule has 0 aromatic carbocycles. The van der Waals surface area contributed by atoms with Crippen molar-refractivity contribution in [2.75, 3.05) is 0 Å². The molecular formula is C10H18O2. The molecule has 0 amide bonds. The maximum atomic E-state index is 11.1. The normalized spacial score (nSPS) is 14.0.